The van der Waals surface area contributed by atoms with E-state index in [4.69, 9.17) is 5.73 Å². The molecular weight excluding hydrogens is 208 g/mol. The van der Waals surface area contributed by atoms with Crippen molar-refractivity contribution < 1.29 is 0 Å². The molecule has 2 aliphatic rings. The Labute approximate surface area is 107 Å². The number of likely N-dealkylation sites (tertiary alicyclic amines) is 1. The van der Waals surface area contributed by atoms with Gasteiger partial charge in [-0.05, 0) is 57.0 Å². The van der Waals surface area contributed by atoms with E-state index in [2.05, 4.69) is 18.7 Å². The van der Waals surface area contributed by atoms with E-state index in [9.17, 15) is 0 Å². The lowest BCUT2D eigenvalue weighted by molar-refractivity contribution is 0.0661. The van der Waals surface area contributed by atoms with Crippen LogP contribution in [0.4, 0.5) is 0 Å². The van der Waals surface area contributed by atoms with Gasteiger partial charge in [-0.15, -0.1) is 0 Å². The highest BCUT2D eigenvalue weighted by molar-refractivity contribution is 5.00. The summed E-state index contributed by atoms with van der Waals surface area (Å²) in [6, 6.07) is 0. The number of hydrogen-bond acceptors (Lipinski definition) is 2. The minimum atomic E-state index is 0.350. The number of nitrogens with zero attached hydrogens (tertiary/aromatic N) is 1. The fourth-order valence-electron chi connectivity index (χ4n) is 4.15. The Hall–Kier alpha value is -0.0800. The molecule has 0 aromatic carbocycles. The van der Waals surface area contributed by atoms with Crippen LogP contribution < -0.4 is 5.73 Å². The van der Waals surface area contributed by atoms with Gasteiger partial charge in [-0.3, -0.25) is 4.90 Å². The summed E-state index contributed by atoms with van der Waals surface area (Å²) >= 11 is 0. The van der Waals surface area contributed by atoms with Gasteiger partial charge in [-0.25, -0.2) is 0 Å². The van der Waals surface area contributed by atoms with Crippen LogP contribution in [0.3, 0.4) is 0 Å². The summed E-state index contributed by atoms with van der Waals surface area (Å²) in [5.41, 5.74) is 6.52. The first-order valence-corrected chi connectivity index (χ1v) is 7.68. The summed E-state index contributed by atoms with van der Waals surface area (Å²) in [7, 11) is 0. The van der Waals surface area contributed by atoms with Crippen molar-refractivity contribution in [1.29, 1.82) is 0 Å². The highest BCUT2D eigenvalue weighted by Gasteiger charge is 2.43. The first-order chi connectivity index (χ1) is 8.23. The second kappa shape index (κ2) is 5.71. The van der Waals surface area contributed by atoms with Gasteiger partial charge in [0.05, 0.1) is 0 Å². The number of rotatable bonds is 3. The van der Waals surface area contributed by atoms with Gasteiger partial charge in [0.2, 0.25) is 0 Å². The zero-order valence-electron chi connectivity index (χ0n) is 11.8. The van der Waals surface area contributed by atoms with Crippen LogP contribution in [0.5, 0.6) is 0 Å². The lowest BCUT2D eigenvalue weighted by Gasteiger charge is -2.43. The van der Waals surface area contributed by atoms with Crippen molar-refractivity contribution in [3.8, 4) is 0 Å². The van der Waals surface area contributed by atoms with E-state index >= 15 is 0 Å². The molecule has 3 atom stereocenters. The molecule has 1 heterocycles. The van der Waals surface area contributed by atoms with Crippen LogP contribution in [-0.4, -0.2) is 30.1 Å². The predicted molar refractivity (Wildman–Crippen MR) is 74.0 cm³/mol. The smallest absolute Gasteiger partial charge is 0.0357 e. The van der Waals surface area contributed by atoms with Crippen molar-refractivity contribution in [3.05, 3.63) is 0 Å². The van der Waals surface area contributed by atoms with Crippen LogP contribution in [0.15, 0.2) is 0 Å². The monoisotopic (exact) mass is 238 g/mol. The van der Waals surface area contributed by atoms with Gasteiger partial charge in [0.25, 0.3) is 0 Å². The van der Waals surface area contributed by atoms with E-state index in [1.54, 1.807) is 0 Å². The van der Waals surface area contributed by atoms with Crippen LogP contribution in [0.2, 0.25) is 0 Å². The average molecular weight is 238 g/mol. The molecule has 2 N–H and O–H groups in total. The molecule has 1 aliphatic carbocycles. The third-order valence-electron chi connectivity index (χ3n) is 5.57. The van der Waals surface area contributed by atoms with Gasteiger partial charge in [0, 0.05) is 12.1 Å². The average Bonchev–Trinajstić information content (AvgIpc) is 2.59. The molecule has 17 heavy (non-hydrogen) atoms. The summed E-state index contributed by atoms with van der Waals surface area (Å²) in [4.78, 5) is 2.76. The lowest BCUT2D eigenvalue weighted by Crippen LogP contribution is -2.56. The Bertz CT molecular complexity index is 241. The van der Waals surface area contributed by atoms with Gasteiger partial charge in [-0.1, -0.05) is 26.7 Å². The SMILES string of the molecule is CCC1CCCN(C2(CN)CCCC2C)CC1. The Balaban J connectivity index is 2.04. The van der Waals surface area contributed by atoms with E-state index in [1.807, 2.05) is 0 Å². The van der Waals surface area contributed by atoms with E-state index in [0.717, 1.165) is 18.4 Å². The highest BCUT2D eigenvalue weighted by Crippen LogP contribution is 2.41. The molecule has 100 valence electrons. The maximum absolute atomic E-state index is 6.17. The van der Waals surface area contributed by atoms with Crippen molar-refractivity contribution in [3.63, 3.8) is 0 Å². The second-order valence-electron chi connectivity index (χ2n) is 6.29. The first kappa shape index (κ1) is 13.4. The maximum Gasteiger partial charge on any atom is 0.0357 e. The first-order valence-electron chi connectivity index (χ1n) is 7.68. The zero-order valence-corrected chi connectivity index (χ0v) is 11.8. The van der Waals surface area contributed by atoms with Crippen LogP contribution in [0.25, 0.3) is 0 Å². The molecule has 1 saturated heterocycles. The molecule has 1 saturated carbocycles. The van der Waals surface area contributed by atoms with Crippen molar-refractivity contribution in [2.75, 3.05) is 19.6 Å². The maximum atomic E-state index is 6.17. The molecule has 0 aromatic heterocycles. The molecule has 0 spiro atoms. The zero-order chi connectivity index (χ0) is 12.3. The van der Waals surface area contributed by atoms with Crippen molar-refractivity contribution >= 4 is 0 Å². The van der Waals surface area contributed by atoms with Gasteiger partial charge in [-0.2, -0.15) is 0 Å². The van der Waals surface area contributed by atoms with Crippen LogP contribution in [0, 0.1) is 11.8 Å². The molecular formula is C15H30N2. The normalized spacial score (nSPS) is 40.4. The molecule has 0 aromatic rings. The molecule has 1 aliphatic heterocycles. The fourth-order valence-corrected chi connectivity index (χ4v) is 4.15. The van der Waals surface area contributed by atoms with Crippen LogP contribution in [0.1, 0.15) is 58.8 Å². The van der Waals surface area contributed by atoms with E-state index in [-0.39, 0.29) is 0 Å². The molecule has 2 rings (SSSR count). The van der Waals surface area contributed by atoms with Gasteiger partial charge in [0.1, 0.15) is 0 Å². The van der Waals surface area contributed by atoms with Crippen molar-refractivity contribution in [2.45, 2.75) is 64.3 Å². The Kier molecular flexibility index (Phi) is 4.48. The Morgan fingerprint density at radius 3 is 2.59 bits per heavy atom. The molecule has 3 unspecified atom stereocenters. The topological polar surface area (TPSA) is 29.3 Å². The van der Waals surface area contributed by atoms with Crippen molar-refractivity contribution in [1.82, 2.24) is 4.90 Å². The molecule has 0 amide bonds. The number of hydrogen-bond donors (Lipinski definition) is 1. The minimum Gasteiger partial charge on any atom is -0.329 e. The standard InChI is InChI=1S/C15H30N2/c1-3-14-7-5-10-17(11-8-14)15(12-16)9-4-6-13(15)2/h13-14H,3-12,16H2,1-2H3. The fraction of sp³-hybridized carbons (Fsp3) is 1.00. The number of nitrogens with two attached hydrogens (primary N) is 1. The molecule has 2 heteroatoms. The second-order valence-corrected chi connectivity index (χ2v) is 6.29. The minimum absolute atomic E-state index is 0.350. The largest absolute Gasteiger partial charge is 0.329 e. The van der Waals surface area contributed by atoms with Gasteiger partial charge in [0.15, 0.2) is 0 Å². The predicted octanol–water partition coefficient (Wildman–Crippen LogP) is 3.02. The van der Waals surface area contributed by atoms with Crippen LogP contribution in [-0.2, 0) is 0 Å². The van der Waals surface area contributed by atoms with Crippen molar-refractivity contribution in [2.24, 2.45) is 17.6 Å². The highest BCUT2D eigenvalue weighted by atomic mass is 15.2. The van der Waals surface area contributed by atoms with E-state index in [1.165, 1.54) is 58.0 Å². The lowest BCUT2D eigenvalue weighted by atomic mass is 9.86. The third-order valence-corrected chi connectivity index (χ3v) is 5.57. The summed E-state index contributed by atoms with van der Waals surface area (Å²) in [6.07, 6.45) is 9.66. The molecule has 0 radical (unpaired) electrons. The molecule has 2 fully saturated rings. The van der Waals surface area contributed by atoms with Gasteiger partial charge >= 0.3 is 0 Å². The summed E-state index contributed by atoms with van der Waals surface area (Å²) in [6.45, 7) is 8.21. The van der Waals surface area contributed by atoms with E-state index < -0.39 is 0 Å². The Morgan fingerprint density at radius 1 is 1.18 bits per heavy atom. The van der Waals surface area contributed by atoms with E-state index in [0.29, 0.717) is 5.54 Å². The Morgan fingerprint density at radius 2 is 2.00 bits per heavy atom. The summed E-state index contributed by atoms with van der Waals surface area (Å²) < 4.78 is 0. The van der Waals surface area contributed by atoms with Crippen LogP contribution >= 0.6 is 0 Å². The van der Waals surface area contributed by atoms with Gasteiger partial charge < -0.3 is 5.73 Å². The third kappa shape index (κ3) is 2.53. The molecule has 2 nitrogen and oxygen atoms in total. The quantitative estimate of drug-likeness (QED) is 0.819. The summed E-state index contributed by atoms with van der Waals surface area (Å²) in [5.74, 6) is 1.76. The molecule has 0 bridgehead atoms. The summed E-state index contributed by atoms with van der Waals surface area (Å²) in [5, 5.41) is 0.